The molecule has 0 fully saturated rings. The Balaban J connectivity index is 0. The predicted octanol–water partition coefficient (Wildman–Crippen LogP) is 1.75. The van der Waals surface area contributed by atoms with Crippen molar-refractivity contribution in [2.24, 2.45) is 0 Å². The number of halogens is 1. The summed E-state index contributed by atoms with van der Waals surface area (Å²) in [7, 11) is 0. The van der Waals surface area contributed by atoms with Crippen molar-refractivity contribution < 1.29 is 0 Å². The molecule has 0 aliphatic heterocycles. The number of nitrogens with zero attached hydrogens (tertiary/aromatic N) is 2. The summed E-state index contributed by atoms with van der Waals surface area (Å²) in [5.41, 5.74) is 0. The number of aromatic nitrogens is 2. The molecule has 0 amide bonds. The second-order valence-electron chi connectivity index (χ2n) is 2.65. The molecule has 2 nitrogen and oxygen atoms in total. The summed E-state index contributed by atoms with van der Waals surface area (Å²) in [4.78, 5) is 3.99. The van der Waals surface area contributed by atoms with Gasteiger partial charge in [-0.2, -0.15) is 0 Å². The average Bonchev–Trinajstić information content (AvgIpc) is 2.38. The fourth-order valence-electron chi connectivity index (χ4n) is 1.10. The minimum absolute atomic E-state index is 0. The Labute approximate surface area is 97.1 Å². The molecular weight excluding hydrogens is 278 g/mol. The Morgan fingerprint density at radius 3 is 2.58 bits per heavy atom. The maximum atomic E-state index is 3.99. The molecule has 12 heavy (non-hydrogen) atoms. The van der Waals surface area contributed by atoms with Gasteiger partial charge in [0.1, 0.15) is 0 Å². The van der Waals surface area contributed by atoms with Crippen LogP contribution in [0.5, 0.6) is 0 Å². The molecule has 1 aromatic heterocycles. The van der Waals surface area contributed by atoms with Crippen LogP contribution in [0.25, 0.3) is 0 Å². The first-order valence-electron chi connectivity index (χ1n) is 3.82. The normalized spacial score (nSPS) is 11.2. The molecule has 0 aliphatic rings. The number of hydrogen-bond donors (Lipinski definition) is 0. The molecule has 2 radical (unpaired) electrons. The molecule has 1 heterocycles. The zero-order valence-corrected chi connectivity index (χ0v) is 12.6. The number of hydrogen-bond acceptors (Lipinski definition) is 1. The van der Waals surface area contributed by atoms with Gasteiger partial charge in [0.2, 0.25) is 0 Å². The summed E-state index contributed by atoms with van der Waals surface area (Å²) in [5, 5.41) is 0. The number of rotatable bonds is 3. The second-order valence-corrected chi connectivity index (χ2v) is 2.65. The molecule has 70 valence electrons. The van der Waals surface area contributed by atoms with Crippen LogP contribution in [0.1, 0.15) is 32.7 Å². The van der Waals surface area contributed by atoms with E-state index in [2.05, 4.69) is 23.4 Å². The SMILES string of the molecule is CCCC(C)n1ccnc1.Cl.[SnH2]. The van der Waals surface area contributed by atoms with Crippen LogP contribution in [0.4, 0.5) is 0 Å². The fourth-order valence-corrected chi connectivity index (χ4v) is 1.10. The molecule has 1 atom stereocenters. The fraction of sp³-hybridized carbons (Fsp3) is 0.625. The molecule has 1 unspecified atom stereocenters. The van der Waals surface area contributed by atoms with Crippen molar-refractivity contribution in [1.82, 2.24) is 9.55 Å². The van der Waals surface area contributed by atoms with Gasteiger partial charge in [0.05, 0.1) is 6.33 Å². The van der Waals surface area contributed by atoms with Crippen LogP contribution in [-0.2, 0) is 0 Å². The van der Waals surface area contributed by atoms with Gasteiger partial charge in [0.15, 0.2) is 0 Å². The van der Waals surface area contributed by atoms with Crippen molar-refractivity contribution >= 4 is 36.3 Å². The van der Waals surface area contributed by atoms with Crippen LogP contribution in [0.2, 0.25) is 0 Å². The van der Waals surface area contributed by atoms with E-state index in [1.165, 1.54) is 12.8 Å². The Kier molecular flexibility index (Phi) is 9.77. The van der Waals surface area contributed by atoms with Crippen molar-refractivity contribution in [2.75, 3.05) is 0 Å². The Morgan fingerprint density at radius 2 is 2.17 bits per heavy atom. The Morgan fingerprint density at radius 1 is 1.50 bits per heavy atom. The molecular formula is C8H17ClN2Sn. The summed E-state index contributed by atoms with van der Waals surface area (Å²) < 4.78 is 2.14. The minimum atomic E-state index is 0. The van der Waals surface area contributed by atoms with Crippen molar-refractivity contribution in [3.05, 3.63) is 18.7 Å². The van der Waals surface area contributed by atoms with Gasteiger partial charge in [0.25, 0.3) is 0 Å². The van der Waals surface area contributed by atoms with Crippen LogP contribution in [0.3, 0.4) is 0 Å². The summed E-state index contributed by atoms with van der Waals surface area (Å²) in [6.45, 7) is 4.42. The molecule has 0 saturated heterocycles. The van der Waals surface area contributed by atoms with Gasteiger partial charge in [-0.1, -0.05) is 13.3 Å². The summed E-state index contributed by atoms with van der Waals surface area (Å²) in [6, 6.07) is 0.604. The zero-order valence-electron chi connectivity index (χ0n) is 7.73. The van der Waals surface area contributed by atoms with Crippen molar-refractivity contribution in [3.8, 4) is 0 Å². The van der Waals surface area contributed by atoms with Gasteiger partial charge in [-0.15, -0.1) is 12.4 Å². The molecule has 0 saturated carbocycles. The van der Waals surface area contributed by atoms with E-state index in [0.717, 1.165) is 0 Å². The van der Waals surface area contributed by atoms with Gasteiger partial charge in [-0.3, -0.25) is 0 Å². The average molecular weight is 295 g/mol. The molecule has 4 heteroatoms. The zero-order chi connectivity index (χ0) is 7.40. The van der Waals surface area contributed by atoms with Crippen LogP contribution < -0.4 is 0 Å². The molecule has 1 rings (SSSR count). The topological polar surface area (TPSA) is 17.8 Å². The summed E-state index contributed by atoms with van der Waals surface area (Å²) in [6.07, 6.45) is 8.18. The number of imidazole rings is 1. The van der Waals surface area contributed by atoms with E-state index in [-0.39, 0.29) is 36.3 Å². The summed E-state index contributed by atoms with van der Waals surface area (Å²) in [5.74, 6) is 0. The van der Waals surface area contributed by atoms with E-state index in [4.69, 9.17) is 0 Å². The Hall–Kier alpha value is 0.299. The third-order valence-corrected chi connectivity index (χ3v) is 1.74. The van der Waals surface area contributed by atoms with Crippen LogP contribution in [0.15, 0.2) is 18.7 Å². The molecule has 1 aromatic rings. The van der Waals surface area contributed by atoms with E-state index >= 15 is 0 Å². The molecule has 0 aromatic carbocycles. The summed E-state index contributed by atoms with van der Waals surface area (Å²) >= 11 is 0. The van der Waals surface area contributed by atoms with Crippen molar-refractivity contribution in [1.29, 1.82) is 0 Å². The third-order valence-electron chi connectivity index (χ3n) is 1.74. The van der Waals surface area contributed by atoms with Gasteiger partial charge in [0, 0.05) is 18.4 Å². The Bertz CT molecular complexity index is 177. The van der Waals surface area contributed by atoms with E-state index < -0.39 is 0 Å². The maximum absolute atomic E-state index is 3.99. The van der Waals surface area contributed by atoms with Gasteiger partial charge >= 0.3 is 23.9 Å². The monoisotopic (exact) mass is 296 g/mol. The first kappa shape index (κ1) is 14.8. The van der Waals surface area contributed by atoms with E-state index in [1.54, 1.807) is 0 Å². The second kappa shape index (κ2) is 7.92. The van der Waals surface area contributed by atoms with E-state index in [1.807, 2.05) is 18.7 Å². The van der Waals surface area contributed by atoms with Crippen molar-refractivity contribution in [2.45, 2.75) is 32.7 Å². The van der Waals surface area contributed by atoms with Gasteiger partial charge in [-0.25, -0.2) is 4.98 Å². The van der Waals surface area contributed by atoms with Gasteiger partial charge in [-0.05, 0) is 13.3 Å². The first-order valence-corrected chi connectivity index (χ1v) is 3.82. The third kappa shape index (κ3) is 4.36. The molecule has 0 N–H and O–H groups in total. The van der Waals surface area contributed by atoms with E-state index in [0.29, 0.717) is 6.04 Å². The van der Waals surface area contributed by atoms with Crippen LogP contribution >= 0.6 is 12.4 Å². The van der Waals surface area contributed by atoms with Crippen LogP contribution in [0, 0.1) is 0 Å². The predicted molar refractivity (Wildman–Crippen MR) is 57.6 cm³/mol. The van der Waals surface area contributed by atoms with Crippen molar-refractivity contribution in [3.63, 3.8) is 0 Å². The van der Waals surface area contributed by atoms with Crippen LogP contribution in [-0.4, -0.2) is 33.5 Å². The standard InChI is InChI=1S/C8H14N2.ClH.Sn.2H/c1-3-4-8(2)10-6-5-9-7-10;;;;/h5-8H,3-4H2,1-2H3;1H;;;. The molecule has 0 spiro atoms. The molecule has 0 bridgehead atoms. The van der Waals surface area contributed by atoms with E-state index in [9.17, 15) is 0 Å². The quantitative estimate of drug-likeness (QED) is 0.777. The van der Waals surface area contributed by atoms with Gasteiger partial charge < -0.3 is 4.57 Å². The first-order chi connectivity index (χ1) is 4.84. The molecule has 0 aliphatic carbocycles.